The summed E-state index contributed by atoms with van der Waals surface area (Å²) in [5.41, 5.74) is 1.98. The summed E-state index contributed by atoms with van der Waals surface area (Å²) in [5, 5.41) is 0. The van der Waals surface area contributed by atoms with Crippen molar-refractivity contribution >= 4 is 23.9 Å². The molecule has 8 atom stereocenters. The standard InChI is InChI=1S/2C14H18O3/c1-8(2)14-6-4-13(3,5-7-14)9-10(14)12(16)17-11(9)15;1-7(2)5-10-6-8(3)9(4)11-12(10)14(16)17-13(11)15/h4,6,8-10H,5,7H2,1-3H3;5-6,9-12H,1-4H3. The molecule has 1 saturated carbocycles. The Morgan fingerprint density at radius 2 is 1.53 bits per heavy atom. The van der Waals surface area contributed by atoms with Crippen LogP contribution >= 0.6 is 0 Å². The Kier molecular flexibility index (Phi) is 6.02. The number of carbonyl (C=O) groups is 4. The molecule has 2 bridgehead atoms. The van der Waals surface area contributed by atoms with Gasteiger partial charge in [-0.3, -0.25) is 19.2 Å². The van der Waals surface area contributed by atoms with E-state index in [1.165, 1.54) is 5.57 Å². The second-order valence-electron chi connectivity index (χ2n) is 11.6. The lowest BCUT2D eigenvalue weighted by atomic mass is 9.46. The van der Waals surface area contributed by atoms with Crippen LogP contribution in [-0.2, 0) is 28.7 Å². The second kappa shape index (κ2) is 8.31. The Hall–Kier alpha value is -2.50. The molecule has 6 rings (SSSR count). The number of fused-ring (bicyclic) bond motifs is 2. The molecule has 6 aliphatic rings. The molecular weight excluding hydrogens is 432 g/mol. The molecule has 0 aromatic carbocycles. The first kappa shape index (κ1) is 24.6. The molecule has 2 aliphatic heterocycles. The lowest BCUT2D eigenvalue weighted by Gasteiger charge is -2.54. The Morgan fingerprint density at radius 1 is 0.941 bits per heavy atom. The molecule has 3 fully saturated rings. The lowest BCUT2D eigenvalue weighted by molar-refractivity contribution is -0.156. The SMILES string of the molecule is CC(C)=CC1C=C(C)C(C)C2C(=O)OC(=O)C12.CC(C)C12C=CC(C)(CC1)C1C(=O)OC(=O)C12. The Balaban J connectivity index is 0.000000161. The summed E-state index contributed by atoms with van der Waals surface area (Å²) in [6.45, 7) is 14.3. The molecule has 8 unspecified atom stereocenters. The van der Waals surface area contributed by atoms with Crippen molar-refractivity contribution in [3.05, 3.63) is 35.5 Å². The summed E-state index contributed by atoms with van der Waals surface area (Å²) >= 11 is 0. The monoisotopic (exact) mass is 468 g/mol. The number of esters is 4. The van der Waals surface area contributed by atoms with Crippen LogP contribution < -0.4 is 0 Å². The van der Waals surface area contributed by atoms with Crippen LogP contribution in [0.25, 0.3) is 0 Å². The number of rotatable bonds is 2. The van der Waals surface area contributed by atoms with E-state index in [2.05, 4.69) is 39.0 Å². The van der Waals surface area contributed by atoms with Crippen molar-refractivity contribution in [2.24, 2.45) is 52.3 Å². The zero-order valence-corrected chi connectivity index (χ0v) is 21.2. The summed E-state index contributed by atoms with van der Waals surface area (Å²) in [5.74, 6) is -2.00. The average Bonchev–Trinajstić information content (AvgIpc) is 3.23. The van der Waals surface area contributed by atoms with Crippen LogP contribution in [0.15, 0.2) is 35.5 Å². The van der Waals surface area contributed by atoms with Gasteiger partial charge in [-0.15, -0.1) is 0 Å². The highest BCUT2D eigenvalue weighted by Gasteiger charge is 2.66. The zero-order valence-electron chi connectivity index (χ0n) is 21.2. The van der Waals surface area contributed by atoms with Gasteiger partial charge in [0.1, 0.15) is 0 Å². The predicted molar refractivity (Wildman–Crippen MR) is 126 cm³/mol. The van der Waals surface area contributed by atoms with Crippen molar-refractivity contribution < 1.29 is 28.7 Å². The van der Waals surface area contributed by atoms with Gasteiger partial charge < -0.3 is 9.47 Å². The summed E-state index contributed by atoms with van der Waals surface area (Å²) in [6, 6.07) is 0. The third-order valence-corrected chi connectivity index (χ3v) is 9.06. The molecule has 6 nitrogen and oxygen atoms in total. The fourth-order valence-corrected chi connectivity index (χ4v) is 6.85. The van der Waals surface area contributed by atoms with Gasteiger partial charge in [0.2, 0.25) is 0 Å². The molecule has 0 aromatic heterocycles. The van der Waals surface area contributed by atoms with Gasteiger partial charge in [0.15, 0.2) is 0 Å². The summed E-state index contributed by atoms with van der Waals surface area (Å²) in [6.07, 6.45) is 10.4. The number of cyclic esters (lactones) is 4. The first-order valence-corrected chi connectivity index (χ1v) is 12.4. The molecule has 34 heavy (non-hydrogen) atoms. The van der Waals surface area contributed by atoms with Crippen LogP contribution in [0.3, 0.4) is 0 Å². The zero-order chi connectivity index (χ0) is 25.2. The van der Waals surface area contributed by atoms with Gasteiger partial charge in [0.05, 0.1) is 23.7 Å². The minimum absolute atomic E-state index is 0.000139. The van der Waals surface area contributed by atoms with E-state index in [0.717, 1.165) is 18.4 Å². The quantitative estimate of drug-likeness (QED) is 0.329. The van der Waals surface area contributed by atoms with Crippen molar-refractivity contribution in [2.75, 3.05) is 0 Å². The van der Waals surface area contributed by atoms with E-state index < -0.39 is 0 Å². The van der Waals surface area contributed by atoms with Crippen molar-refractivity contribution in [3.8, 4) is 0 Å². The van der Waals surface area contributed by atoms with E-state index in [9.17, 15) is 19.2 Å². The van der Waals surface area contributed by atoms with Crippen molar-refractivity contribution in [2.45, 2.75) is 61.3 Å². The molecule has 2 heterocycles. The van der Waals surface area contributed by atoms with E-state index in [1.54, 1.807) is 0 Å². The topological polar surface area (TPSA) is 86.7 Å². The molecule has 0 radical (unpaired) electrons. The third-order valence-electron chi connectivity index (χ3n) is 9.06. The van der Waals surface area contributed by atoms with Crippen LogP contribution in [0.2, 0.25) is 0 Å². The fourth-order valence-electron chi connectivity index (χ4n) is 6.85. The van der Waals surface area contributed by atoms with Gasteiger partial charge in [0, 0.05) is 11.3 Å². The summed E-state index contributed by atoms with van der Waals surface area (Å²) < 4.78 is 9.71. The third kappa shape index (κ3) is 3.61. The van der Waals surface area contributed by atoms with Crippen LogP contribution in [0.5, 0.6) is 0 Å². The van der Waals surface area contributed by atoms with E-state index in [-0.39, 0.29) is 70.2 Å². The minimum atomic E-state index is -0.363. The van der Waals surface area contributed by atoms with Crippen LogP contribution in [0, 0.1) is 52.3 Å². The molecule has 0 amide bonds. The maximum atomic E-state index is 12.0. The van der Waals surface area contributed by atoms with Gasteiger partial charge in [-0.25, -0.2) is 0 Å². The number of carbonyl (C=O) groups excluding carboxylic acids is 4. The normalized spacial score (nSPS) is 41.8. The first-order chi connectivity index (χ1) is 15.8. The van der Waals surface area contributed by atoms with E-state index in [1.807, 2.05) is 33.8 Å². The molecule has 4 aliphatic carbocycles. The molecular formula is C28H36O6. The number of ether oxygens (including phenoxy) is 2. The van der Waals surface area contributed by atoms with Crippen LogP contribution in [0.1, 0.15) is 61.3 Å². The van der Waals surface area contributed by atoms with Crippen LogP contribution in [0.4, 0.5) is 0 Å². The molecule has 0 aromatic rings. The smallest absolute Gasteiger partial charge is 0.318 e. The van der Waals surface area contributed by atoms with Crippen molar-refractivity contribution in [1.82, 2.24) is 0 Å². The van der Waals surface area contributed by atoms with Gasteiger partial charge in [-0.1, -0.05) is 63.1 Å². The highest BCUT2D eigenvalue weighted by atomic mass is 16.6. The molecule has 6 heteroatoms. The summed E-state index contributed by atoms with van der Waals surface area (Å²) in [7, 11) is 0. The van der Waals surface area contributed by atoms with Gasteiger partial charge >= 0.3 is 23.9 Å². The Morgan fingerprint density at radius 3 is 2.09 bits per heavy atom. The minimum Gasteiger partial charge on any atom is -0.393 e. The fraction of sp³-hybridized carbons (Fsp3) is 0.643. The Bertz CT molecular complexity index is 1030. The van der Waals surface area contributed by atoms with Crippen molar-refractivity contribution in [3.63, 3.8) is 0 Å². The van der Waals surface area contributed by atoms with Gasteiger partial charge in [0.25, 0.3) is 0 Å². The summed E-state index contributed by atoms with van der Waals surface area (Å²) in [4.78, 5) is 47.4. The number of allylic oxidation sites excluding steroid dienone is 6. The van der Waals surface area contributed by atoms with E-state index >= 15 is 0 Å². The first-order valence-electron chi connectivity index (χ1n) is 12.4. The average molecular weight is 469 g/mol. The molecule has 184 valence electrons. The highest BCUT2D eigenvalue weighted by Crippen LogP contribution is 2.63. The molecule has 2 saturated heterocycles. The van der Waals surface area contributed by atoms with E-state index in [0.29, 0.717) is 5.92 Å². The molecule has 0 N–H and O–H groups in total. The Labute approximate surface area is 201 Å². The van der Waals surface area contributed by atoms with E-state index in [4.69, 9.17) is 9.47 Å². The largest absolute Gasteiger partial charge is 0.393 e. The second-order valence-corrected chi connectivity index (χ2v) is 11.6. The number of hydrogen-bond donors (Lipinski definition) is 0. The number of hydrogen-bond acceptors (Lipinski definition) is 6. The highest BCUT2D eigenvalue weighted by molar-refractivity contribution is 5.98. The lowest BCUT2D eigenvalue weighted by Crippen LogP contribution is -2.53. The maximum absolute atomic E-state index is 12.0. The van der Waals surface area contributed by atoms with Crippen LogP contribution in [-0.4, -0.2) is 23.9 Å². The maximum Gasteiger partial charge on any atom is 0.318 e. The van der Waals surface area contributed by atoms with Crippen molar-refractivity contribution in [1.29, 1.82) is 0 Å². The predicted octanol–water partition coefficient (Wildman–Crippen LogP) is 4.80. The van der Waals surface area contributed by atoms with Gasteiger partial charge in [-0.2, -0.15) is 0 Å². The van der Waals surface area contributed by atoms with Gasteiger partial charge in [-0.05, 0) is 50.9 Å². The molecule has 0 spiro atoms.